The van der Waals surface area contributed by atoms with Crippen molar-refractivity contribution in [2.24, 2.45) is 0 Å². The van der Waals surface area contributed by atoms with Gasteiger partial charge in [0.1, 0.15) is 5.75 Å². The van der Waals surface area contributed by atoms with E-state index in [1.54, 1.807) is 37.5 Å². The summed E-state index contributed by atoms with van der Waals surface area (Å²) in [5, 5.41) is 4.79. The molecule has 0 bridgehead atoms. The average Bonchev–Trinajstić information content (AvgIpc) is 2.74. The van der Waals surface area contributed by atoms with Crippen molar-refractivity contribution in [3.05, 3.63) is 65.7 Å². The minimum absolute atomic E-state index is 0.0232. The zero-order valence-electron chi connectivity index (χ0n) is 16.1. The molecule has 2 aromatic carbocycles. The van der Waals surface area contributed by atoms with Crippen molar-refractivity contribution in [3.63, 3.8) is 0 Å². The van der Waals surface area contributed by atoms with Crippen LogP contribution >= 0.6 is 0 Å². The summed E-state index contributed by atoms with van der Waals surface area (Å²) >= 11 is 0. The van der Waals surface area contributed by atoms with E-state index in [0.29, 0.717) is 5.75 Å². The van der Waals surface area contributed by atoms with Crippen LogP contribution in [0.15, 0.2) is 48.5 Å². The topological polar surface area (TPSA) is 93.7 Å². The fourth-order valence-electron chi connectivity index (χ4n) is 2.22. The molecule has 158 valence electrons. The van der Waals surface area contributed by atoms with Crippen LogP contribution in [-0.4, -0.2) is 38.0 Å². The molecular formula is C21H20F2N2O5. The van der Waals surface area contributed by atoms with Gasteiger partial charge in [-0.15, -0.1) is 0 Å². The van der Waals surface area contributed by atoms with Gasteiger partial charge in [-0.3, -0.25) is 14.4 Å². The van der Waals surface area contributed by atoms with Gasteiger partial charge in [0.05, 0.1) is 13.5 Å². The second kappa shape index (κ2) is 11.3. The molecule has 2 amide bonds. The molecule has 0 aliphatic heterocycles. The molecular weight excluding hydrogens is 398 g/mol. The van der Waals surface area contributed by atoms with Crippen molar-refractivity contribution >= 4 is 29.5 Å². The van der Waals surface area contributed by atoms with Gasteiger partial charge in [-0.2, -0.15) is 0 Å². The maximum atomic E-state index is 13.1. The standard InChI is InChI=1S/C21H20F2N2O5/c1-29-16-6-2-14(3-7-16)4-9-19(26)24-11-10-21(28)30-13-20(27)25-15-5-8-17(22)18(23)12-15/h2-9,12H,10-11,13H2,1H3,(H,24,26)(H,25,27)/b9-4+. The molecule has 0 saturated carbocycles. The highest BCUT2D eigenvalue weighted by Gasteiger charge is 2.10. The number of carbonyl (C=O) groups is 3. The van der Waals surface area contributed by atoms with Crippen molar-refractivity contribution < 1.29 is 32.6 Å². The lowest BCUT2D eigenvalue weighted by Crippen LogP contribution is -2.26. The van der Waals surface area contributed by atoms with E-state index in [-0.39, 0.29) is 18.7 Å². The van der Waals surface area contributed by atoms with Gasteiger partial charge in [0.25, 0.3) is 5.91 Å². The molecule has 0 spiro atoms. The zero-order valence-corrected chi connectivity index (χ0v) is 16.1. The van der Waals surface area contributed by atoms with E-state index in [9.17, 15) is 23.2 Å². The quantitative estimate of drug-likeness (QED) is 0.482. The lowest BCUT2D eigenvalue weighted by molar-refractivity contribution is -0.147. The predicted molar refractivity (Wildman–Crippen MR) is 106 cm³/mol. The van der Waals surface area contributed by atoms with Crippen molar-refractivity contribution in [3.8, 4) is 5.75 Å². The number of rotatable bonds is 9. The normalized spacial score (nSPS) is 10.5. The monoisotopic (exact) mass is 418 g/mol. The third-order valence-electron chi connectivity index (χ3n) is 3.74. The van der Waals surface area contributed by atoms with Gasteiger partial charge in [0.15, 0.2) is 18.2 Å². The molecule has 0 fully saturated rings. The Bertz CT molecular complexity index is 929. The Hall–Kier alpha value is -3.75. The van der Waals surface area contributed by atoms with Crippen LogP contribution in [0.25, 0.3) is 6.08 Å². The van der Waals surface area contributed by atoms with E-state index >= 15 is 0 Å². The van der Waals surface area contributed by atoms with Crippen LogP contribution in [0.5, 0.6) is 5.75 Å². The SMILES string of the molecule is COc1ccc(/C=C/C(=O)NCCC(=O)OCC(=O)Nc2ccc(F)c(F)c2)cc1. The minimum atomic E-state index is -1.11. The first-order chi connectivity index (χ1) is 14.4. The van der Waals surface area contributed by atoms with Gasteiger partial charge in [0.2, 0.25) is 5.91 Å². The number of hydrogen-bond acceptors (Lipinski definition) is 5. The van der Waals surface area contributed by atoms with Crippen molar-refractivity contribution in [1.29, 1.82) is 0 Å². The van der Waals surface area contributed by atoms with Gasteiger partial charge in [0, 0.05) is 24.4 Å². The van der Waals surface area contributed by atoms with Crippen molar-refractivity contribution in [1.82, 2.24) is 5.32 Å². The Morgan fingerprint density at radius 2 is 1.77 bits per heavy atom. The molecule has 0 aromatic heterocycles. The Morgan fingerprint density at radius 3 is 2.43 bits per heavy atom. The van der Waals surface area contributed by atoms with E-state index in [1.165, 1.54) is 12.1 Å². The van der Waals surface area contributed by atoms with Gasteiger partial charge in [-0.05, 0) is 35.9 Å². The number of benzene rings is 2. The Balaban J connectivity index is 1.65. The second-order valence-corrected chi connectivity index (χ2v) is 5.99. The molecule has 0 saturated heterocycles. The molecule has 0 unspecified atom stereocenters. The van der Waals surface area contributed by atoms with E-state index in [2.05, 4.69) is 10.6 Å². The number of anilines is 1. The molecule has 0 atom stereocenters. The Kier molecular flexibility index (Phi) is 8.49. The molecule has 0 aliphatic rings. The fourth-order valence-corrected chi connectivity index (χ4v) is 2.22. The maximum absolute atomic E-state index is 13.1. The third kappa shape index (κ3) is 7.70. The van der Waals surface area contributed by atoms with E-state index in [0.717, 1.165) is 17.7 Å². The van der Waals surface area contributed by atoms with Crippen LogP contribution in [-0.2, 0) is 19.1 Å². The average molecular weight is 418 g/mol. The van der Waals surface area contributed by atoms with E-state index in [1.807, 2.05) is 0 Å². The molecule has 0 heterocycles. The lowest BCUT2D eigenvalue weighted by atomic mass is 10.2. The van der Waals surface area contributed by atoms with Gasteiger partial charge < -0.3 is 20.1 Å². The summed E-state index contributed by atoms with van der Waals surface area (Å²) in [7, 11) is 1.56. The van der Waals surface area contributed by atoms with Crippen molar-refractivity contribution in [2.75, 3.05) is 25.6 Å². The predicted octanol–water partition coefficient (Wildman–Crippen LogP) is 2.67. The summed E-state index contributed by atoms with van der Waals surface area (Å²) < 4.78 is 35.7. The van der Waals surface area contributed by atoms with Crippen LogP contribution in [0.2, 0.25) is 0 Å². The Labute approximate surface area is 171 Å². The first-order valence-corrected chi connectivity index (χ1v) is 8.88. The highest BCUT2D eigenvalue weighted by molar-refractivity contribution is 5.93. The lowest BCUT2D eigenvalue weighted by Gasteiger charge is -2.07. The van der Waals surface area contributed by atoms with Crippen LogP contribution in [0, 0.1) is 11.6 Å². The summed E-state index contributed by atoms with van der Waals surface area (Å²) in [6.07, 6.45) is 2.79. The molecule has 2 rings (SSSR count). The van der Waals surface area contributed by atoms with Gasteiger partial charge >= 0.3 is 5.97 Å². The number of hydrogen-bond donors (Lipinski definition) is 2. The summed E-state index contributed by atoms with van der Waals surface area (Å²) in [6.45, 7) is -0.571. The second-order valence-electron chi connectivity index (χ2n) is 5.99. The molecule has 7 nitrogen and oxygen atoms in total. The summed E-state index contributed by atoms with van der Waals surface area (Å²) in [5.74, 6) is -3.25. The number of methoxy groups -OCH3 is 1. The highest BCUT2D eigenvalue weighted by atomic mass is 19.2. The first-order valence-electron chi connectivity index (χ1n) is 8.88. The molecule has 2 aromatic rings. The third-order valence-corrected chi connectivity index (χ3v) is 3.74. The minimum Gasteiger partial charge on any atom is -0.497 e. The maximum Gasteiger partial charge on any atom is 0.308 e. The van der Waals surface area contributed by atoms with Crippen LogP contribution < -0.4 is 15.4 Å². The van der Waals surface area contributed by atoms with Gasteiger partial charge in [-0.25, -0.2) is 8.78 Å². The zero-order chi connectivity index (χ0) is 21.9. The summed E-state index contributed by atoms with van der Waals surface area (Å²) in [6, 6.07) is 9.93. The van der Waals surface area contributed by atoms with Crippen molar-refractivity contribution in [2.45, 2.75) is 6.42 Å². The van der Waals surface area contributed by atoms with Crippen LogP contribution in [0.4, 0.5) is 14.5 Å². The fraction of sp³-hybridized carbons (Fsp3) is 0.190. The number of esters is 1. The van der Waals surface area contributed by atoms with Gasteiger partial charge in [-0.1, -0.05) is 12.1 Å². The van der Waals surface area contributed by atoms with E-state index < -0.39 is 36.0 Å². The first kappa shape index (κ1) is 22.5. The molecule has 30 heavy (non-hydrogen) atoms. The van der Waals surface area contributed by atoms with Crippen LogP contribution in [0.3, 0.4) is 0 Å². The smallest absolute Gasteiger partial charge is 0.308 e. The largest absolute Gasteiger partial charge is 0.497 e. The number of carbonyl (C=O) groups excluding carboxylic acids is 3. The molecule has 9 heteroatoms. The highest BCUT2D eigenvalue weighted by Crippen LogP contribution is 2.13. The Morgan fingerprint density at radius 1 is 1.03 bits per heavy atom. The molecule has 0 aliphatic carbocycles. The van der Waals surface area contributed by atoms with E-state index in [4.69, 9.17) is 9.47 Å². The number of ether oxygens (including phenoxy) is 2. The number of amides is 2. The molecule has 2 N–H and O–H groups in total. The number of halogens is 2. The van der Waals surface area contributed by atoms with Crippen LogP contribution in [0.1, 0.15) is 12.0 Å². The number of nitrogens with one attached hydrogen (secondary N) is 2. The summed E-state index contributed by atoms with van der Waals surface area (Å²) in [4.78, 5) is 35.0. The summed E-state index contributed by atoms with van der Waals surface area (Å²) in [5.41, 5.74) is 0.836. The molecule has 0 radical (unpaired) electrons.